The van der Waals surface area contributed by atoms with Crippen molar-refractivity contribution in [3.63, 3.8) is 0 Å². The summed E-state index contributed by atoms with van der Waals surface area (Å²) in [6.45, 7) is 12.6. The number of hydrogen-bond acceptors (Lipinski definition) is 2. The number of nitrogens with one attached hydrogen (secondary N) is 1. The number of nitrogens with zero attached hydrogens (tertiary/aromatic N) is 1. The lowest BCUT2D eigenvalue weighted by Crippen LogP contribution is -2.30. The molecule has 0 unspecified atom stereocenters. The van der Waals surface area contributed by atoms with Crippen LogP contribution in [-0.2, 0) is 6.54 Å². The molecule has 118 valence electrons. The first-order chi connectivity index (χ1) is 10.0. The lowest BCUT2D eigenvalue weighted by atomic mass is 9.75. The molecular weight excluding hydrogens is 256 g/mol. The van der Waals surface area contributed by atoms with Crippen molar-refractivity contribution >= 4 is 5.69 Å². The van der Waals surface area contributed by atoms with Crippen LogP contribution in [0.1, 0.15) is 58.9 Å². The molecule has 1 fully saturated rings. The molecule has 0 saturated heterocycles. The van der Waals surface area contributed by atoms with Crippen molar-refractivity contribution in [3.8, 4) is 0 Å². The largest absolute Gasteiger partial charge is 0.382 e. The van der Waals surface area contributed by atoms with Gasteiger partial charge in [-0.05, 0) is 55.8 Å². The number of hydrogen-bond donors (Lipinski definition) is 1. The average Bonchev–Trinajstić information content (AvgIpc) is 2.48. The highest BCUT2D eigenvalue weighted by Crippen LogP contribution is 2.36. The Kier molecular flexibility index (Phi) is 5.69. The van der Waals surface area contributed by atoms with Gasteiger partial charge in [0.25, 0.3) is 0 Å². The molecule has 2 heteroatoms. The van der Waals surface area contributed by atoms with Crippen molar-refractivity contribution in [3.05, 3.63) is 29.8 Å². The van der Waals surface area contributed by atoms with Gasteiger partial charge in [0.2, 0.25) is 0 Å². The minimum absolute atomic E-state index is 0.541. The molecule has 0 aromatic heterocycles. The first-order valence-corrected chi connectivity index (χ1v) is 8.61. The second-order valence-corrected chi connectivity index (χ2v) is 7.20. The quantitative estimate of drug-likeness (QED) is 0.800. The molecule has 1 aliphatic rings. The van der Waals surface area contributed by atoms with Crippen LogP contribution in [0.15, 0.2) is 24.3 Å². The zero-order chi connectivity index (χ0) is 15.3. The van der Waals surface area contributed by atoms with Crippen molar-refractivity contribution in [1.82, 2.24) is 4.90 Å². The third-order valence-corrected chi connectivity index (χ3v) is 5.00. The summed E-state index contributed by atoms with van der Waals surface area (Å²) in [5, 5.41) is 3.81. The third kappa shape index (κ3) is 4.74. The molecule has 2 rings (SSSR count). The summed E-state index contributed by atoms with van der Waals surface area (Å²) >= 11 is 0. The summed E-state index contributed by atoms with van der Waals surface area (Å²) < 4.78 is 0. The second kappa shape index (κ2) is 7.31. The standard InChI is InChI=1S/C19H32N2/c1-5-21(6-2)15-16-9-7-8-10-18(16)20-17-11-13-19(3,4)14-12-17/h7-10,17,20H,5-6,11-15H2,1-4H3. The number of anilines is 1. The molecule has 1 aliphatic carbocycles. The van der Waals surface area contributed by atoms with Crippen molar-refractivity contribution in [2.45, 2.75) is 66.0 Å². The topological polar surface area (TPSA) is 15.3 Å². The highest BCUT2D eigenvalue weighted by molar-refractivity contribution is 5.51. The SMILES string of the molecule is CCN(CC)Cc1ccccc1NC1CCC(C)(C)CC1. The number of rotatable bonds is 6. The van der Waals surface area contributed by atoms with Gasteiger partial charge in [0.1, 0.15) is 0 Å². The molecule has 21 heavy (non-hydrogen) atoms. The van der Waals surface area contributed by atoms with Crippen LogP contribution < -0.4 is 5.32 Å². The monoisotopic (exact) mass is 288 g/mol. The van der Waals surface area contributed by atoms with E-state index in [0.717, 1.165) is 19.6 Å². The number of benzene rings is 1. The van der Waals surface area contributed by atoms with Gasteiger partial charge in [0, 0.05) is 18.3 Å². The maximum Gasteiger partial charge on any atom is 0.0388 e. The Morgan fingerprint density at radius 1 is 1.10 bits per heavy atom. The van der Waals surface area contributed by atoms with Crippen molar-refractivity contribution < 1.29 is 0 Å². The van der Waals surface area contributed by atoms with Crippen molar-refractivity contribution in [2.75, 3.05) is 18.4 Å². The molecule has 0 bridgehead atoms. The van der Waals surface area contributed by atoms with Crippen LogP contribution in [0.4, 0.5) is 5.69 Å². The van der Waals surface area contributed by atoms with Crippen LogP contribution in [0.3, 0.4) is 0 Å². The predicted molar refractivity (Wildman–Crippen MR) is 92.7 cm³/mol. The van der Waals surface area contributed by atoms with E-state index in [9.17, 15) is 0 Å². The van der Waals surface area contributed by atoms with E-state index in [1.807, 2.05) is 0 Å². The van der Waals surface area contributed by atoms with Crippen LogP contribution in [0.5, 0.6) is 0 Å². The molecule has 1 N–H and O–H groups in total. The molecule has 0 heterocycles. The fraction of sp³-hybridized carbons (Fsp3) is 0.684. The summed E-state index contributed by atoms with van der Waals surface area (Å²) in [4.78, 5) is 2.48. The Morgan fingerprint density at radius 2 is 1.71 bits per heavy atom. The summed E-state index contributed by atoms with van der Waals surface area (Å²) in [5.74, 6) is 0. The van der Waals surface area contributed by atoms with E-state index in [-0.39, 0.29) is 0 Å². The summed E-state index contributed by atoms with van der Waals surface area (Å²) in [5.41, 5.74) is 3.32. The molecule has 1 aromatic rings. The molecule has 0 amide bonds. The average molecular weight is 288 g/mol. The Hall–Kier alpha value is -1.02. The molecule has 0 radical (unpaired) electrons. The predicted octanol–water partition coefficient (Wildman–Crippen LogP) is 4.91. The zero-order valence-electron chi connectivity index (χ0n) is 14.3. The smallest absolute Gasteiger partial charge is 0.0388 e. The first-order valence-electron chi connectivity index (χ1n) is 8.61. The van der Waals surface area contributed by atoms with Crippen LogP contribution in [0.2, 0.25) is 0 Å². The molecule has 1 aromatic carbocycles. The van der Waals surface area contributed by atoms with Gasteiger partial charge in [-0.2, -0.15) is 0 Å². The van der Waals surface area contributed by atoms with E-state index in [1.165, 1.54) is 36.9 Å². The second-order valence-electron chi connectivity index (χ2n) is 7.20. The van der Waals surface area contributed by atoms with Gasteiger partial charge >= 0.3 is 0 Å². The van der Waals surface area contributed by atoms with E-state index < -0.39 is 0 Å². The summed E-state index contributed by atoms with van der Waals surface area (Å²) in [7, 11) is 0. The van der Waals surface area contributed by atoms with E-state index in [4.69, 9.17) is 0 Å². The Balaban J connectivity index is 2.00. The van der Waals surface area contributed by atoms with Crippen LogP contribution in [0, 0.1) is 5.41 Å². The molecular formula is C19H32N2. The van der Waals surface area contributed by atoms with Gasteiger partial charge in [0.05, 0.1) is 0 Å². The van der Waals surface area contributed by atoms with E-state index in [0.29, 0.717) is 11.5 Å². The number of para-hydroxylation sites is 1. The summed E-state index contributed by atoms with van der Waals surface area (Å²) in [6.07, 6.45) is 5.27. The van der Waals surface area contributed by atoms with Gasteiger partial charge < -0.3 is 5.32 Å². The van der Waals surface area contributed by atoms with Gasteiger partial charge in [-0.3, -0.25) is 4.90 Å². The minimum atomic E-state index is 0.541. The maximum absolute atomic E-state index is 3.81. The van der Waals surface area contributed by atoms with Crippen molar-refractivity contribution in [1.29, 1.82) is 0 Å². The van der Waals surface area contributed by atoms with E-state index in [2.05, 4.69) is 62.2 Å². The zero-order valence-corrected chi connectivity index (χ0v) is 14.3. The molecule has 0 spiro atoms. The summed E-state index contributed by atoms with van der Waals surface area (Å²) in [6, 6.07) is 9.48. The minimum Gasteiger partial charge on any atom is -0.382 e. The molecule has 1 saturated carbocycles. The van der Waals surface area contributed by atoms with Crippen LogP contribution >= 0.6 is 0 Å². The first kappa shape index (κ1) is 16.4. The van der Waals surface area contributed by atoms with Crippen molar-refractivity contribution in [2.24, 2.45) is 5.41 Å². The molecule has 0 atom stereocenters. The van der Waals surface area contributed by atoms with Crippen LogP contribution in [-0.4, -0.2) is 24.0 Å². The van der Waals surface area contributed by atoms with Gasteiger partial charge in [-0.1, -0.05) is 45.9 Å². The van der Waals surface area contributed by atoms with Crippen LogP contribution in [0.25, 0.3) is 0 Å². The maximum atomic E-state index is 3.81. The fourth-order valence-corrected chi connectivity index (χ4v) is 3.25. The highest BCUT2D eigenvalue weighted by Gasteiger charge is 2.26. The molecule has 2 nitrogen and oxygen atoms in total. The Bertz CT molecular complexity index is 425. The normalized spacial score (nSPS) is 18.9. The highest BCUT2D eigenvalue weighted by atomic mass is 15.1. The lowest BCUT2D eigenvalue weighted by Gasteiger charge is -2.35. The Labute approximate surface area is 130 Å². The van der Waals surface area contributed by atoms with Gasteiger partial charge in [-0.25, -0.2) is 0 Å². The van der Waals surface area contributed by atoms with E-state index in [1.54, 1.807) is 0 Å². The van der Waals surface area contributed by atoms with Gasteiger partial charge in [-0.15, -0.1) is 0 Å². The third-order valence-electron chi connectivity index (χ3n) is 5.00. The van der Waals surface area contributed by atoms with Gasteiger partial charge in [0.15, 0.2) is 0 Å². The lowest BCUT2D eigenvalue weighted by molar-refractivity contribution is 0.232. The Morgan fingerprint density at radius 3 is 2.33 bits per heavy atom. The van der Waals surface area contributed by atoms with E-state index >= 15 is 0 Å². The fourth-order valence-electron chi connectivity index (χ4n) is 3.25. The molecule has 0 aliphatic heterocycles.